The molecule has 0 fully saturated rings. The van der Waals surface area contributed by atoms with Gasteiger partial charge in [0.1, 0.15) is 6.10 Å². The zero-order chi connectivity index (χ0) is 22.4. The van der Waals surface area contributed by atoms with Crippen molar-refractivity contribution < 1.29 is 34.0 Å². The highest BCUT2D eigenvalue weighted by Gasteiger charge is 2.30. The summed E-state index contributed by atoms with van der Waals surface area (Å²) in [6.07, 6.45) is 4.13. The average molecular weight is 419 g/mol. The number of hydrogen-bond acceptors (Lipinski definition) is 6. The third-order valence-corrected chi connectivity index (χ3v) is 3.88. The zero-order valence-electron chi connectivity index (χ0n) is 16.9. The minimum atomic E-state index is -1.62. The van der Waals surface area contributed by atoms with Crippen LogP contribution in [0.2, 0.25) is 0 Å². The first kappa shape index (κ1) is 24.8. The lowest BCUT2D eigenvalue weighted by molar-refractivity contribution is -0.142. The van der Waals surface area contributed by atoms with Crippen LogP contribution in [-0.2, 0) is 9.53 Å². The summed E-state index contributed by atoms with van der Waals surface area (Å²) in [5.74, 6) is -0.626. The molecule has 1 amide bonds. The summed E-state index contributed by atoms with van der Waals surface area (Å²) in [6.45, 7) is 11.5. The lowest BCUT2D eigenvalue weighted by Gasteiger charge is -2.22. The van der Waals surface area contributed by atoms with E-state index < -0.39 is 24.2 Å². The summed E-state index contributed by atoms with van der Waals surface area (Å²) in [4.78, 5) is 23.4. The Hall–Kier alpha value is -3.26. The Morgan fingerprint density at radius 1 is 0.967 bits per heavy atom. The number of carbonyl (C=O) groups is 2. The molecule has 0 aromatic heterocycles. The number of carboxylic acid groups (broad SMARTS) is 1. The SMILES string of the molecule is C=CCCOC(=O)N[C@H](C(=O)O)C(O)c1ccc(OCCC=C)c(OCCC=C)c1. The molecule has 8 heteroatoms. The third kappa shape index (κ3) is 8.40. The van der Waals surface area contributed by atoms with Gasteiger partial charge in [-0.15, -0.1) is 19.7 Å². The third-order valence-electron chi connectivity index (χ3n) is 3.88. The first-order valence-electron chi connectivity index (χ1n) is 9.51. The van der Waals surface area contributed by atoms with Crippen molar-refractivity contribution in [3.05, 3.63) is 61.7 Å². The van der Waals surface area contributed by atoms with Crippen LogP contribution in [0.1, 0.15) is 30.9 Å². The minimum Gasteiger partial charge on any atom is -0.489 e. The maximum Gasteiger partial charge on any atom is 0.407 e. The van der Waals surface area contributed by atoms with Crippen LogP contribution in [0.15, 0.2) is 56.2 Å². The predicted molar refractivity (Wildman–Crippen MR) is 113 cm³/mol. The van der Waals surface area contributed by atoms with Crippen LogP contribution in [0.25, 0.3) is 0 Å². The number of aliphatic hydroxyl groups excluding tert-OH is 1. The quantitative estimate of drug-likeness (QED) is 0.295. The number of nitrogens with one attached hydrogen (secondary N) is 1. The molecular weight excluding hydrogens is 390 g/mol. The number of aliphatic hydroxyl groups is 1. The van der Waals surface area contributed by atoms with Crippen molar-refractivity contribution in [1.29, 1.82) is 0 Å². The summed E-state index contributed by atoms with van der Waals surface area (Å²) in [7, 11) is 0. The van der Waals surface area contributed by atoms with Gasteiger partial charge in [0.2, 0.25) is 0 Å². The molecular formula is C22H29NO7. The number of aliphatic carboxylic acids is 1. The first-order chi connectivity index (χ1) is 14.4. The molecule has 0 aliphatic rings. The van der Waals surface area contributed by atoms with Crippen molar-refractivity contribution in [2.45, 2.75) is 31.4 Å². The highest BCUT2D eigenvalue weighted by molar-refractivity contribution is 5.80. The molecule has 8 nitrogen and oxygen atoms in total. The van der Waals surface area contributed by atoms with Gasteiger partial charge in [-0.1, -0.05) is 24.3 Å². The monoisotopic (exact) mass is 419 g/mol. The Bertz CT molecular complexity index is 732. The van der Waals surface area contributed by atoms with E-state index in [0.29, 0.717) is 44.0 Å². The van der Waals surface area contributed by atoms with Crippen LogP contribution in [0.5, 0.6) is 11.5 Å². The number of amides is 1. The van der Waals surface area contributed by atoms with E-state index in [1.165, 1.54) is 12.1 Å². The van der Waals surface area contributed by atoms with E-state index in [4.69, 9.17) is 14.2 Å². The van der Waals surface area contributed by atoms with Crippen molar-refractivity contribution in [1.82, 2.24) is 5.32 Å². The van der Waals surface area contributed by atoms with Crippen LogP contribution in [0, 0.1) is 0 Å². The number of benzene rings is 1. The molecule has 0 radical (unpaired) electrons. The topological polar surface area (TPSA) is 114 Å². The van der Waals surface area contributed by atoms with Gasteiger partial charge in [0.25, 0.3) is 0 Å². The maximum absolute atomic E-state index is 11.8. The molecule has 0 aliphatic heterocycles. The fourth-order valence-electron chi connectivity index (χ4n) is 2.32. The van der Waals surface area contributed by atoms with Crippen LogP contribution in [-0.4, -0.2) is 48.1 Å². The molecule has 1 unspecified atom stereocenters. The lowest BCUT2D eigenvalue weighted by Crippen LogP contribution is -2.45. The van der Waals surface area contributed by atoms with Crippen LogP contribution in [0.4, 0.5) is 4.79 Å². The van der Waals surface area contributed by atoms with Gasteiger partial charge in [-0.2, -0.15) is 0 Å². The number of hydrogen-bond donors (Lipinski definition) is 3. The van der Waals surface area contributed by atoms with Gasteiger partial charge in [0, 0.05) is 0 Å². The molecule has 1 aromatic carbocycles. The van der Waals surface area contributed by atoms with E-state index in [1.54, 1.807) is 24.3 Å². The molecule has 0 spiro atoms. The van der Waals surface area contributed by atoms with E-state index in [0.717, 1.165) is 0 Å². The number of alkyl carbamates (subject to hydrolysis) is 1. The predicted octanol–water partition coefficient (Wildman–Crippen LogP) is 3.39. The molecule has 0 aliphatic carbocycles. The van der Waals surface area contributed by atoms with Crippen molar-refractivity contribution >= 4 is 12.1 Å². The van der Waals surface area contributed by atoms with E-state index >= 15 is 0 Å². The standard InChI is InChI=1S/C22H29NO7/c1-4-7-12-28-17-11-10-16(15-18(17)29-13-8-5-2)20(24)19(21(25)26)23-22(27)30-14-9-6-3/h4-6,10-11,15,19-20,24H,1-3,7-9,12-14H2,(H,23,27)(H,25,26)/t19-,20?/m0/s1. The van der Waals surface area contributed by atoms with Gasteiger partial charge in [-0.25, -0.2) is 9.59 Å². The number of carboxylic acids is 1. The average Bonchev–Trinajstić information content (AvgIpc) is 2.72. The summed E-state index contributed by atoms with van der Waals surface area (Å²) in [5.41, 5.74) is 0.235. The Morgan fingerprint density at radius 3 is 2.10 bits per heavy atom. The minimum absolute atomic E-state index is 0.0514. The number of ether oxygens (including phenoxy) is 3. The molecule has 0 saturated carbocycles. The van der Waals surface area contributed by atoms with Gasteiger partial charge in [-0.3, -0.25) is 0 Å². The highest BCUT2D eigenvalue weighted by atomic mass is 16.5. The molecule has 164 valence electrons. The first-order valence-corrected chi connectivity index (χ1v) is 9.51. The second-order valence-corrected chi connectivity index (χ2v) is 6.18. The summed E-state index contributed by atoms with van der Waals surface area (Å²) in [5, 5.41) is 22.2. The van der Waals surface area contributed by atoms with E-state index in [2.05, 4.69) is 25.1 Å². The fourth-order valence-corrected chi connectivity index (χ4v) is 2.32. The van der Waals surface area contributed by atoms with Crippen LogP contribution < -0.4 is 14.8 Å². The van der Waals surface area contributed by atoms with Gasteiger partial charge in [0.05, 0.1) is 19.8 Å². The van der Waals surface area contributed by atoms with Gasteiger partial charge in [-0.05, 0) is 37.0 Å². The van der Waals surface area contributed by atoms with Gasteiger partial charge in [0.15, 0.2) is 17.5 Å². The van der Waals surface area contributed by atoms with Crippen LogP contribution in [0.3, 0.4) is 0 Å². The normalized spacial score (nSPS) is 12.2. The molecule has 1 rings (SSSR count). The van der Waals surface area contributed by atoms with Crippen molar-refractivity contribution in [2.24, 2.45) is 0 Å². The van der Waals surface area contributed by atoms with E-state index in [-0.39, 0.29) is 12.2 Å². The number of rotatable bonds is 15. The van der Waals surface area contributed by atoms with E-state index in [1.807, 2.05) is 0 Å². The maximum atomic E-state index is 11.8. The summed E-state index contributed by atoms with van der Waals surface area (Å²) < 4.78 is 16.2. The summed E-state index contributed by atoms with van der Waals surface area (Å²) >= 11 is 0. The largest absolute Gasteiger partial charge is 0.489 e. The molecule has 0 heterocycles. The smallest absolute Gasteiger partial charge is 0.407 e. The molecule has 3 N–H and O–H groups in total. The lowest BCUT2D eigenvalue weighted by atomic mass is 10.0. The fraction of sp³-hybridized carbons (Fsp3) is 0.364. The Labute approximate surface area is 176 Å². The molecule has 2 atom stereocenters. The Kier molecular flexibility index (Phi) is 11.4. The molecule has 0 saturated heterocycles. The second-order valence-electron chi connectivity index (χ2n) is 6.18. The summed E-state index contributed by atoms with van der Waals surface area (Å²) in [6, 6.07) is 2.95. The Balaban J connectivity index is 3.00. The second kappa shape index (κ2) is 13.8. The van der Waals surface area contributed by atoms with E-state index in [9.17, 15) is 19.8 Å². The van der Waals surface area contributed by atoms with Gasteiger partial charge < -0.3 is 29.7 Å². The zero-order valence-corrected chi connectivity index (χ0v) is 16.9. The molecule has 30 heavy (non-hydrogen) atoms. The number of carbonyl (C=O) groups excluding carboxylic acids is 1. The van der Waals surface area contributed by atoms with Crippen molar-refractivity contribution in [3.8, 4) is 11.5 Å². The van der Waals surface area contributed by atoms with Gasteiger partial charge >= 0.3 is 12.1 Å². The van der Waals surface area contributed by atoms with Crippen molar-refractivity contribution in [3.63, 3.8) is 0 Å². The highest BCUT2D eigenvalue weighted by Crippen LogP contribution is 2.32. The Morgan fingerprint density at radius 2 is 1.53 bits per heavy atom. The molecule has 0 bridgehead atoms. The van der Waals surface area contributed by atoms with Crippen LogP contribution >= 0.6 is 0 Å². The molecule has 1 aromatic rings. The van der Waals surface area contributed by atoms with Crippen molar-refractivity contribution in [2.75, 3.05) is 19.8 Å².